The van der Waals surface area contributed by atoms with Crippen LogP contribution < -0.4 is 21.3 Å². The van der Waals surface area contributed by atoms with Gasteiger partial charge in [-0.25, -0.2) is 9.37 Å². The number of hydrogen-bond acceptors (Lipinski definition) is 5. The number of nitrogens with zero attached hydrogens (tertiary/aromatic N) is 3. The van der Waals surface area contributed by atoms with Crippen LogP contribution in [0.3, 0.4) is 0 Å². The van der Waals surface area contributed by atoms with Gasteiger partial charge in [-0.15, -0.1) is 0 Å². The van der Waals surface area contributed by atoms with Crippen LogP contribution in [0.5, 0.6) is 5.75 Å². The largest absolute Gasteiger partial charge is 0.497 e. The Balaban J connectivity index is 1.60. The Labute approximate surface area is 185 Å². The van der Waals surface area contributed by atoms with E-state index in [0.29, 0.717) is 41.7 Å². The molecule has 0 radical (unpaired) electrons. The molecular formula is C23H27FN6O2. The van der Waals surface area contributed by atoms with Crippen molar-refractivity contribution < 1.29 is 9.13 Å². The summed E-state index contributed by atoms with van der Waals surface area (Å²) in [6, 6.07) is 10.2. The molecule has 4 N–H and O–H groups in total. The minimum atomic E-state index is -0.360. The molecule has 4 rings (SSSR count). The predicted molar refractivity (Wildman–Crippen MR) is 121 cm³/mol. The van der Waals surface area contributed by atoms with Gasteiger partial charge >= 0.3 is 0 Å². The van der Waals surface area contributed by atoms with Crippen LogP contribution in [0.1, 0.15) is 24.1 Å². The highest BCUT2D eigenvalue weighted by molar-refractivity contribution is 5.79. The molecule has 0 amide bonds. The molecule has 1 aliphatic heterocycles. The molecule has 32 heavy (non-hydrogen) atoms. The van der Waals surface area contributed by atoms with Crippen molar-refractivity contribution in [3.8, 4) is 5.75 Å². The molecule has 0 aliphatic carbocycles. The monoisotopic (exact) mass is 438 g/mol. The van der Waals surface area contributed by atoms with E-state index in [1.165, 1.54) is 24.1 Å². The normalized spacial score (nSPS) is 18.7. The van der Waals surface area contributed by atoms with Gasteiger partial charge in [0.05, 0.1) is 30.4 Å². The zero-order valence-electron chi connectivity index (χ0n) is 18.1. The van der Waals surface area contributed by atoms with Crippen molar-refractivity contribution in [1.29, 1.82) is 5.41 Å². The van der Waals surface area contributed by atoms with E-state index in [2.05, 4.69) is 10.3 Å². The molecule has 168 valence electrons. The van der Waals surface area contributed by atoms with Crippen molar-refractivity contribution in [3.05, 3.63) is 70.0 Å². The summed E-state index contributed by atoms with van der Waals surface area (Å²) in [7, 11) is 1.49. The van der Waals surface area contributed by atoms with Gasteiger partial charge in [0.15, 0.2) is 5.96 Å². The number of fused-ring (bicyclic) bond motifs is 1. The van der Waals surface area contributed by atoms with Gasteiger partial charge in [-0.3, -0.25) is 14.8 Å². The van der Waals surface area contributed by atoms with Crippen LogP contribution in [-0.4, -0.2) is 46.7 Å². The van der Waals surface area contributed by atoms with Crippen molar-refractivity contribution in [3.63, 3.8) is 0 Å². The van der Waals surface area contributed by atoms with Gasteiger partial charge in [-0.1, -0.05) is 12.1 Å². The zero-order valence-corrected chi connectivity index (χ0v) is 18.1. The molecule has 0 saturated carbocycles. The molecule has 3 aromatic rings. The molecule has 2 heterocycles. The number of ether oxygens (including phenoxy) is 1. The van der Waals surface area contributed by atoms with Crippen molar-refractivity contribution in [1.82, 2.24) is 19.8 Å². The Hall–Kier alpha value is -3.46. The number of aromatic nitrogens is 2. The lowest BCUT2D eigenvalue weighted by Crippen LogP contribution is -2.55. The number of halogens is 1. The first-order valence-electron chi connectivity index (χ1n) is 10.5. The van der Waals surface area contributed by atoms with Crippen LogP contribution in [0, 0.1) is 11.2 Å². The van der Waals surface area contributed by atoms with E-state index >= 15 is 0 Å². The number of hydrogen-bond donors (Lipinski definition) is 3. The number of aryl methyl sites for hydroxylation is 2. The molecule has 1 aromatic heterocycles. The predicted octanol–water partition coefficient (Wildman–Crippen LogP) is 2.02. The highest BCUT2D eigenvalue weighted by Crippen LogP contribution is 2.28. The first kappa shape index (κ1) is 21.8. The van der Waals surface area contributed by atoms with Crippen molar-refractivity contribution in [2.75, 3.05) is 20.2 Å². The summed E-state index contributed by atoms with van der Waals surface area (Å²) in [5.41, 5.74) is 7.66. The zero-order chi connectivity index (χ0) is 22.8. The average molecular weight is 439 g/mol. The molecule has 2 atom stereocenters. The topological polar surface area (TPSA) is 109 Å². The van der Waals surface area contributed by atoms with E-state index in [0.717, 1.165) is 12.1 Å². The maximum atomic E-state index is 14.2. The fourth-order valence-corrected chi connectivity index (χ4v) is 4.29. The first-order valence-corrected chi connectivity index (χ1v) is 10.5. The Morgan fingerprint density at radius 1 is 1.34 bits per heavy atom. The number of nitrogens with one attached hydrogen (secondary N) is 2. The van der Waals surface area contributed by atoms with Crippen LogP contribution in [0.4, 0.5) is 4.39 Å². The Morgan fingerprint density at radius 2 is 2.16 bits per heavy atom. The Morgan fingerprint density at radius 3 is 2.88 bits per heavy atom. The highest BCUT2D eigenvalue weighted by atomic mass is 19.1. The number of methoxy groups -OCH3 is 1. The van der Waals surface area contributed by atoms with Crippen LogP contribution in [0.15, 0.2) is 47.5 Å². The summed E-state index contributed by atoms with van der Waals surface area (Å²) in [4.78, 5) is 19.3. The third-order valence-corrected chi connectivity index (χ3v) is 6.01. The molecular weight excluding hydrogens is 411 g/mol. The number of benzene rings is 2. The van der Waals surface area contributed by atoms with Crippen molar-refractivity contribution >= 4 is 16.9 Å². The lowest BCUT2D eigenvalue weighted by molar-refractivity contribution is 0.206. The summed E-state index contributed by atoms with van der Waals surface area (Å²) in [6.07, 6.45) is 1.86. The van der Waals surface area contributed by atoms with Gasteiger partial charge in [0, 0.05) is 31.7 Å². The minimum absolute atomic E-state index is 0.0255. The summed E-state index contributed by atoms with van der Waals surface area (Å²) < 4.78 is 20.7. The second-order valence-corrected chi connectivity index (χ2v) is 7.99. The van der Waals surface area contributed by atoms with Gasteiger partial charge in [0.25, 0.3) is 5.56 Å². The molecule has 1 fully saturated rings. The van der Waals surface area contributed by atoms with Crippen LogP contribution in [0.2, 0.25) is 0 Å². The lowest BCUT2D eigenvalue weighted by Gasteiger charge is -2.41. The molecule has 8 nitrogen and oxygen atoms in total. The molecule has 0 spiro atoms. The van der Waals surface area contributed by atoms with Gasteiger partial charge < -0.3 is 20.7 Å². The standard InChI is InChI=1S/C23H27FN6O2/c1-14-21(30(23(25)26)10-8-27-14)16-4-6-18-20(11-16)28-13-29(22(18)31)9-7-15-3-5-17(32-2)12-19(15)24/h3-6,11-14,21,27H,7-10H2,1-2H3,(H3,25,26). The molecule has 2 aromatic carbocycles. The third kappa shape index (κ3) is 4.16. The quantitative estimate of drug-likeness (QED) is 0.415. The third-order valence-electron chi connectivity index (χ3n) is 6.01. The maximum absolute atomic E-state index is 14.2. The van der Waals surface area contributed by atoms with E-state index in [1.54, 1.807) is 18.2 Å². The summed E-state index contributed by atoms with van der Waals surface area (Å²) in [5, 5.41) is 11.8. The Kier molecular flexibility index (Phi) is 6.09. The Bertz CT molecular complexity index is 1210. The fraction of sp³-hybridized carbons (Fsp3) is 0.348. The molecule has 2 unspecified atom stereocenters. The van der Waals surface area contributed by atoms with Crippen LogP contribution in [0.25, 0.3) is 10.9 Å². The SMILES string of the molecule is COc1ccc(CCn2cnc3cc(C4C(C)NCCN4C(=N)N)ccc3c2=O)c(F)c1. The molecule has 1 saturated heterocycles. The second-order valence-electron chi connectivity index (χ2n) is 7.99. The molecule has 0 bridgehead atoms. The van der Waals surface area contributed by atoms with Gasteiger partial charge in [0.2, 0.25) is 0 Å². The summed E-state index contributed by atoms with van der Waals surface area (Å²) in [6.45, 7) is 3.75. The first-order chi connectivity index (χ1) is 15.4. The second kappa shape index (κ2) is 8.96. The minimum Gasteiger partial charge on any atom is -0.497 e. The fourth-order valence-electron chi connectivity index (χ4n) is 4.29. The van der Waals surface area contributed by atoms with Crippen LogP contribution in [-0.2, 0) is 13.0 Å². The highest BCUT2D eigenvalue weighted by Gasteiger charge is 2.30. The average Bonchev–Trinajstić information content (AvgIpc) is 2.78. The van der Waals surface area contributed by atoms with Gasteiger partial charge in [0.1, 0.15) is 11.6 Å². The summed E-state index contributed by atoms with van der Waals surface area (Å²) >= 11 is 0. The van der Waals surface area contributed by atoms with Gasteiger partial charge in [-0.05, 0) is 42.7 Å². The number of guanidine groups is 1. The van der Waals surface area contributed by atoms with E-state index < -0.39 is 0 Å². The van der Waals surface area contributed by atoms with E-state index in [4.69, 9.17) is 15.9 Å². The maximum Gasteiger partial charge on any atom is 0.261 e. The van der Waals surface area contributed by atoms with Crippen molar-refractivity contribution in [2.45, 2.75) is 32.0 Å². The van der Waals surface area contributed by atoms with E-state index in [9.17, 15) is 9.18 Å². The summed E-state index contributed by atoms with van der Waals surface area (Å²) in [5.74, 6) is 0.121. The van der Waals surface area contributed by atoms with Crippen molar-refractivity contribution in [2.24, 2.45) is 5.73 Å². The number of rotatable bonds is 5. The molecule has 9 heteroatoms. The lowest BCUT2D eigenvalue weighted by atomic mass is 9.95. The molecule has 1 aliphatic rings. The van der Waals surface area contributed by atoms with Gasteiger partial charge in [-0.2, -0.15) is 0 Å². The smallest absolute Gasteiger partial charge is 0.261 e. The van der Waals surface area contributed by atoms with Crippen LogP contribution >= 0.6 is 0 Å². The number of nitrogens with two attached hydrogens (primary N) is 1. The number of piperazine rings is 1. The van der Waals surface area contributed by atoms with E-state index in [1.807, 2.05) is 24.0 Å². The van der Waals surface area contributed by atoms with E-state index in [-0.39, 0.29) is 29.4 Å².